The van der Waals surface area contributed by atoms with Gasteiger partial charge in [-0.3, -0.25) is 4.98 Å². The van der Waals surface area contributed by atoms with Crippen LogP contribution in [0.1, 0.15) is 33.8 Å². The summed E-state index contributed by atoms with van der Waals surface area (Å²) in [6.07, 6.45) is 6.85. The van der Waals surface area contributed by atoms with Crippen LogP contribution < -0.4 is 9.97 Å². The van der Waals surface area contributed by atoms with Crippen molar-refractivity contribution in [3.8, 4) is 33.4 Å². The van der Waals surface area contributed by atoms with E-state index in [2.05, 4.69) is 129 Å². The van der Waals surface area contributed by atoms with Crippen molar-refractivity contribution in [2.75, 3.05) is 0 Å². The second-order valence-corrected chi connectivity index (χ2v) is 12.3. The molecule has 0 saturated heterocycles. The van der Waals surface area contributed by atoms with Crippen LogP contribution in [0.15, 0.2) is 128 Å². The van der Waals surface area contributed by atoms with E-state index in [1.54, 1.807) is 0 Å². The average Bonchev–Trinajstić information content (AvgIpc) is 3.95. The van der Waals surface area contributed by atoms with Crippen LogP contribution in [0.2, 0.25) is 0 Å². The molecule has 2 aliphatic rings. The fourth-order valence-corrected chi connectivity index (χ4v) is 7.23. The number of fused-ring (bicyclic) bond motifs is 8. The minimum atomic E-state index is 0. The maximum absolute atomic E-state index is 5.43. The summed E-state index contributed by atoms with van der Waals surface area (Å²) in [5.74, 6) is 0. The maximum Gasteiger partial charge on any atom is 2.00 e. The topological polar surface area (TPSA) is 54.0 Å². The molecule has 0 saturated carbocycles. The number of rotatable bonds is 4. The minimum Gasteiger partial charge on any atom is -0.657 e. The second-order valence-electron chi connectivity index (χ2n) is 12.3. The molecule has 0 atom stereocenters. The third-order valence-corrected chi connectivity index (χ3v) is 9.37. The molecular formula is C44H30CuN4. The van der Waals surface area contributed by atoms with Crippen molar-refractivity contribution in [1.82, 2.24) is 19.9 Å². The van der Waals surface area contributed by atoms with Crippen molar-refractivity contribution in [2.24, 2.45) is 0 Å². The van der Waals surface area contributed by atoms with E-state index in [9.17, 15) is 0 Å². The summed E-state index contributed by atoms with van der Waals surface area (Å²) in [4.78, 5) is 21.4. The van der Waals surface area contributed by atoms with Crippen molar-refractivity contribution < 1.29 is 17.1 Å². The average molecular weight is 678 g/mol. The van der Waals surface area contributed by atoms with E-state index in [4.69, 9.17) is 19.9 Å². The molecule has 4 nitrogen and oxygen atoms in total. The summed E-state index contributed by atoms with van der Waals surface area (Å²) in [6, 6.07) is 42.1. The third-order valence-electron chi connectivity index (χ3n) is 9.37. The van der Waals surface area contributed by atoms with Gasteiger partial charge in [-0.2, -0.15) is 0 Å². The number of hydrogen-bond donors (Lipinski definition) is 0. The van der Waals surface area contributed by atoms with Gasteiger partial charge in [0.15, 0.2) is 0 Å². The third kappa shape index (κ3) is 5.16. The Morgan fingerprint density at radius 2 is 1.06 bits per heavy atom. The molecule has 0 fully saturated rings. The second kappa shape index (κ2) is 12.4. The zero-order chi connectivity index (χ0) is 32.2. The summed E-state index contributed by atoms with van der Waals surface area (Å²) in [7, 11) is 0. The predicted octanol–water partition coefficient (Wildman–Crippen LogP) is 10.4. The summed E-state index contributed by atoms with van der Waals surface area (Å²) in [6.45, 7) is 6.36. The Bertz CT molecular complexity index is 2600. The van der Waals surface area contributed by atoms with Gasteiger partial charge in [-0.1, -0.05) is 134 Å². The van der Waals surface area contributed by atoms with Gasteiger partial charge in [-0.15, -0.1) is 22.1 Å². The van der Waals surface area contributed by atoms with Gasteiger partial charge < -0.3 is 9.97 Å². The number of hydrogen-bond acceptors (Lipinski definition) is 2. The van der Waals surface area contributed by atoms with E-state index in [0.717, 1.165) is 94.6 Å². The molecule has 49 heavy (non-hydrogen) atoms. The first kappa shape index (κ1) is 30.6. The zero-order valence-corrected chi connectivity index (χ0v) is 27.7. The Morgan fingerprint density at radius 3 is 1.59 bits per heavy atom. The van der Waals surface area contributed by atoms with E-state index >= 15 is 0 Å². The molecule has 3 aromatic heterocycles. The van der Waals surface area contributed by atoms with Crippen LogP contribution in [0.3, 0.4) is 0 Å². The van der Waals surface area contributed by atoms with E-state index in [0.29, 0.717) is 6.42 Å². The Kier molecular flexibility index (Phi) is 7.72. The Labute approximate surface area is 295 Å². The van der Waals surface area contributed by atoms with Crippen molar-refractivity contribution >= 4 is 51.2 Å². The molecule has 9 rings (SSSR count). The SMILES string of the molecule is C=Cc1c(C)cc2c3nc(c(-c4ccccc4)c4ccc([n-]4)c(-c4ccccc4)c4nc(c(-c5ccccc5)c5ccc([n-]5)c13)C=C4)C2.[Cu+2]. The molecule has 5 heteroatoms. The van der Waals surface area contributed by atoms with Crippen LogP contribution in [0.25, 0.3) is 84.6 Å². The van der Waals surface area contributed by atoms with Gasteiger partial charge in [0.2, 0.25) is 0 Å². The monoisotopic (exact) mass is 677 g/mol. The Hall–Kier alpha value is -5.74. The summed E-state index contributed by atoms with van der Waals surface area (Å²) in [5, 5.41) is 1.01. The van der Waals surface area contributed by atoms with E-state index in [1.165, 1.54) is 5.56 Å². The summed E-state index contributed by atoms with van der Waals surface area (Å²) >= 11 is 0. The number of nitrogens with zero attached hydrogens (tertiary/aromatic N) is 4. The van der Waals surface area contributed by atoms with Crippen molar-refractivity contribution in [3.63, 3.8) is 0 Å². The largest absolute Gasteiger partial charge is 2.00 e. The van der Waals surface area contributed by atoms with E-state index in [1.807, 2.05) is 24.3 Å². The van der Waals surface area contributed by atoms with Gasteiger partial charge in [0, 0.05) is 6.42 Å². The molecule has 1 radical (unpaired) electrons. The van der Waals surface area contributed by atoms with Crippen LogP contribution in [0.4, 0.5) is 0 Å². The molecule has 237 valence electrons. The Balaban J connectivity index is 0.00000348. The number of aryl methyl sites for hydroxylation is 1. The normalized spacial score (nSPS) is 11.9. The van der Waals surface area contributed by atoms with Crippen molar-refractivity contribution in [3.05, 3.63) is 162 Å². The van der Waals surface area contributed by atoms with Crippen LogP contribution in [0, 0.1) is 6.92 Å². The first-order chi connectivity index (χ1) is 23.7. The fraction of sp³-hybridized carbons (Fsp3) is 0.0455. The van der Waals surface area contributed by atoms with Crippen molar-refractivity contribution in [2.45, 2.75) is 13.3 Å². The smallest absolute Gasteiger partial charge is 0.657 e. The summed E-state index contributed by atoms with van der Waals surface area (Å²) in [5.41, 5.74) is 16.8. The molecule has 7 aromatic rings. The standard InChI is InChI=1S/C44H30N4.Cu/c1-3-32-27(2)25-31-26-39-42(30-17-11-6-12-18-30)37-22-21-35(46-37)40(28-13-7-4-8-14-28)33-19-20-34(45-33)41(29-15-9-5-10-16-29)36-23-24-38(47-36)43(32)44(31)48-39;/h3-25H,1,26H2,2H3;/q-2;+2. The molecule has 4 aromatic carbocycles. The minimum absolute atomic E-state index is 0. The molecule has 8 bridgehead atoms. The van der Waals surface area contributed by atoms with Crippen LogP contribution in [-0.2, 0) is 23.5 Å². The first-order valence-corrected chi connectivity index (χ1v) is 16.2. The van der Waals surface area contributed by atoms with Gasteiger partial charge in [0.1, 0.15) is 0 Å². The van der Waals surface area contributed by atoms with Gasteiger partial charge in [0.25, 0.3) is 0 Å². The predicted molar refractivity (Wildman–Crippen MR) is 199 cm³/mol. The van der Waals surface area contributed by atoms with E-state index < -0.39 is 0 Å². The van der Waals surface area contributed by atoms with Crippen LogP contribution in [0.5, 0.6) is 0 Å². The van der Waals surface area contributed by atoms with Gasteiger partial charge in [-0.25, -0.2) is 4.98 Å². The molecule has 5 heterocycles. The van der Waals surface area contributed by atoms with Crippen LogP contribution in [-0.4, -0.2) is 9.97 Å². The molecule has 0 N–H and O–H groups in total. The Morgan fingerprint density at radius 1 is 0.592 bits per heavy atom. The van der Waals surface area contributed by atoms with Crippen molar-refractivity contribution in [1.29, 1.82) is 0 Å². The molecule has 2 aliphatic heterocycles. The molecular weight excluding hydrogens is 648 g/mol. The summed E-state index contributed by atoms with van der Waals surface area (Å²) < 4.78 is 0. The quantitative estimate of drug-likeness (QED) is 0.174. The van der Waals surface area contributed by atoms with Crippen LogP contribution >= 0.6 is 0 Å². The molecule has 0 spiro atoms. The molecule has 0 aliphatic carbocycles. The molecule has 0 unspecified atom stereocenters. The van der Waals surface area contributed by atoms with Gasteiger partial charge in [0.05, 0.1) is 22.6 Å². The number of benzene rings is 4. The first-order valence-electron chi connectivity index (χ1n) is 16.2. The fourth-order valence-electron chi connectivity index (χ4n) is 7.23. The molecule has 0 amide bonds. The van der Waals surface area contributed by atoms with Gasteiger partial charge >= 0.3 is 17.1 Å². The number of aromatic nitrogens is 4. The van der Waals surface area contributed by atoms with E-state index in [-0.39, 0.29) is 17.1 Å². The zero-order valence-electron chi connectivity index (χ0n) is 26.8. The van der Waals surface area contributed by atoms with Gasteiger partial charge in [-0.05, 0) is 74.5 Å². The maximum atomic E-state index is 5.43.